The standard InChI is InChI=1S/C16H25NO2/c1-11-5-6-13(14(9-11)18-4)19-15-10-16(2,3)8-7-12(15)17/h5-6,9,12,15H,7-8,10,17H2,1-4H3. The predicted molar refractivity (Wildman–Crippen MR) is 77.8 cm³/mol. The van der Waals surface area contributed by atoms with Crippen LogP contribution in [0.1, 0.15) is 38.7 Å². The van der Waals surface area contributed by atoms with Gasteiger partial charge in [0.25, 0.3) is 0 Å². The van der Waals surface area contributed by atoms with E-state index in [4.69, 9.17) is 15.2 Å². The van der Waals surface area contributed by atoms with E-state index in [0.29, 0.717) is 5.41 Å². The Morgan fingerprint density at radius 2 is 2.00 bits per heavy atom. The van der Waals surface area contributed by atoms with Crippen molar-refractivity contribution in [3.63, 3.8) is 0 Å². The number of rotatable bonds is 3. The molecular weight excluding hydrogens is 238 g/mol. The molecule has 0 aliphatic heterocycles. The highest BCUT2D eigenvalue weighted by Gasteiger charge is 2.34. The van der Waals surface area contributed by atoms with E-state index < -0.39 is 0 Å². The molecule has 1 aliphatic rings. The Balaban J connectivity index is 2.15. The van der Waals surface area contributed by atoms with E-state index in [1.54, 1.807) is 7.11 Å². The van der Waals surface area contributed by atoms with Gasteiger partial charge in [-0.15, -0.1) is 0 Å². The molecule has 2 N–H and O–H groups in total. The van der Waals surface area contributed by atoms with E-state index in [2.05, 4.69) is 13.8 Å². The summed E-state index contributed by atoms with van der Waals surface area (Å²) in [6.07, 6.45) is 3.25. The lowest BCUT2D eigenvalue weighted by Gasteiger charge is -2.39. The first-order valence-electron chi connectivity index (χ1n) is 6.98. The second kappa shape index (κ2) is 5.41. The summed E-state index contributed by atoms with van der Waals surface area (Å²) in [6, 6.07) is 6.12. The zero-order chi connectivity index (χ0) is 14.0. The Labute approximate surface area is 116 Å². The zero-order valence-electron chi connectivity index (χ0n) is 12.4. The first-order chi connectivity index (χ1) is 8.91. The number of ether oxygens (including phenoxy) is 2. The van der Waals surface area contributed by atoms with E-state index in [1.165, 1.54) is 6.42 Å². The monoisotopic (exact) mass is 263 g/mol. The summed E-state index contributed by atoms with van der Waals surface area (Å²) in [4.78, 5) is 0. The fourth-order valence-electron chi connectivity index (χ4n) is 2.71. The number of aryl methyl sites for hydroxylation is 1. The quantitative estimate of drug-likeness (QED) is 0.910. The van der Waals surface area contributed by atoms with Crippen molar-refractivity contribution in [3.05, 3.63) is 23.8 Å². The van der Waals surface area contributed by atoms with Crippen LogP contribution in [0, 0.1) is 12.3 Å². The Morgan fingerprint density at radius 1 is 1.26 bits per heavy atom. The third-order valence-electron chi connectivity index (χ3n) is 3.98. The molecule has 1 aliphatic carbocycles. The fraction of sp³-hybridized carbons (Fsp3) is 0.625. The molecule has 0 radical (unpaired) electrons. The van der Waals surface area contributed by atoms with Crippen molar-refractivity contribution >= 4 is 0 Å². The normalized spacial score (nSPS) is 25.9. The molecule has 2 rings (SSSR count). The van der Waals surface area contributed by atoms with Gasteiger partial charge < -0.3 is 15.2 Å². The first kappa shape index (κ1) is 14.2. The van der Waals surface area contributed by atoms with Gasteiger partial charge in [0.1, 0.15) is 6.10 Å². The van der Waals surface area contributed by atoms with Gasteiger partial charge in [0, 0.05) is 6.04 Å². The van der Waals surface area contributed by atoms with Crippen LogP contribution < -0.4 is 15.2 Å². The van der Waals surface area contributed by atoms with E-state index in [1.807, 2.05) is 25.1 Å². The molecule has 2 unspecified atom stereocenters. The van der Waals surface area contributed by atoms with Gasteiger partial charge in [-0.05, 0) is 49.3 Å². The van der Waals surface area contributed by atoms with Crippen LogP contribution in [0.15, 0.2) is 18.2 Å². The zero-order valence-corrected chi connectivity index (χ0v) is 12.4. The SMILES string of the molecule is COc1cc(C)ccc1OC1CC(C)(C)CCC1N. The number of benzene rings is 1. The molecule has 0 aromatic heterocycles. The van der Waals surface area contributed by atoms with E-state index in [-0.39, 0.29) is 12.1 Å². The summed E-state index contributed by atoms with van der Waals surface area (Å²) >= 11 is 0. The van der Waals surface area contributed by atoms with Crippen LogP contribution in [0.4, 0.5) is 0 Å². The number of hydrogen-bond donors (Lipinski definition) is 1. The highest BCUT2D eigenvalue weighted by atomic mass is 16.5. The molecule has 0 amide bonds. The minimum atomic E-state index is 0.0698. The van der Waals surface area contributed by atoms with Crippen molar-refractivity contribution < 1.29 is 9.47 Å². The number of nitrogens with two attached hydrogens (primary N) is 1. The van der Waals surface area contributed by atoms with Gasteiger partial charge in [-0.2, -0.15) is 0 Å². The molecule has 0 bridgehead atoms. The molecular formula is C16H25NO2. The van der Waals surface area contributed by atoms with Crippen LogP contribution >= 0.6 is 0 Å². The summed E-state index contributed by atoms with van der Waals surface area (Å²) in [6.45, 7) is 6.60. The maximum Gasteiger partial charge on any atom is 0.161 e. The van der Waals surface area contributed by atoms with Gasteiger partial charge >= 0.3 is 0 Å². The molecule has 2 atom stereocenters. The Bertz CT molecular complexity index is 442. The molecule has 1 aromatic carbocycles. The average molecular weight is 263 g/mol. The molecule has 1 fully saturated rings. The van der Waals surface area contributed by atoms with Gasteiger partial charge in [0.2, 0.25) is 0 Å². The van der Waals surface area contributed by atoms with Gasteiger partial charge in [-0.25, -0.2) is 0 Å². The second-order valence-corrected chi connectivity index (χ2v) is 6.38. The third kappa shape index (κ3) is 3.41. The van der Waals surface area contributed by atoms with Crippen molar-refractivity contribution in [1.82, 2.24) is 0 Å². The Hall–Kier alpha value is -1.22. The van der Waals surface area contributed by atoms with Gasteiger partial charge in [-0.1, -0.05) is 19.9 Å². The lowest BCUT2D eigenvalue weighted by atomic mass is 9.74. The van der Waals surface area contributed by atoms with Crippen LogP contribution in [-0.2, 0) is 0 Å². The highest BCUT2D eigenvalue weighted by Crippen LogP contribution is 2.38. The van der Waals surface area contributed by atoms with E-state index in [9.17, 15) is 0 Å². The molecule has 3 nitrogen and oxygen atoms in total. The van der Waals surface area contributed by atoms with Crippen molar-refractivity contribution in [2.24, 2.45) is 11.1 Å². The predicted octanol–water partition coefficient (Wildman–Crippen LogP) is 3.29. The minimum Gasteiger partial charge on any atom is -0.493 e. The topological polar surface area (TPSA) is 44.5 Å². The van der Waals surface area contributed by atoms with Crippen LogP contribution in [-0.4, -0.2) is 19.3 Å². The summed E-state index contributed by atoms with van der Waals surface area (Å²) in [5, 5.41) is 0. The molecule has 0 heterocycles. The van der Waals surface area contributed by atoms with Gasteiger partial charge in [-0.3, -0.25) is 0 Å². The maximum absolute atomic E-state index is 6.20. The van der Waals surface area contributed by atoms with Crippen LogP contribution in [0.3, 0.4) is 0 Å². The second-order valence-electron chi connectivity index (χ2n) is 6.38. The van der Waals surface area contributed by atoms with Gasteiger partial charge in [0.15, 0.2) is 11.5 Å². The lowest BCUT2D eigenvalue weighted by Crippen LogP contribution is -2.46. The maximum atomic E-state index is 6.20. The fourth-order valence-corrected chi connectivity index (χ4v) is 2.71. The number of methoxy groups -OCH3 is 1. The number of hydrogen-bond acceptors (Lipinski definition) is 3. The largest absolute Gasteiger partial charge is 0.493 e. The van der Waals surface area contributed by atoms with Crippen molar-refractivity contribution in [2.75, 3.05) is 7.11 Å². The van der Waals surface area contributed by atoms with Crippen LogP contribution in [0.2, 0.25) is 0 Å². The molecule has 0 spiro atoms. The smallest absolute Gasteiger partial charge is 0.161 e. The first-order valence-corrected chi connectivity index (χ1v) is 6.98. The highest BCUT2D eigenvalue weighted by molar-refractivity contribution is 5.42. The van der Waals surface area contributed by atoms with Crippen LogP contribution in [0.5, 0.6) is 11.5 Å². The molecule has 0 saturated heterocycles. The van der Waals surface area contributed by atoms with E-state index >= 15 is 0 Å². The average Bonchev–Trinajstić information content (AvgIpc) is 2.35. The van der Waals surface area contributed by atoms with Crippen LogP contribution in [0.25, 0.3) is 0 Å². The van der Waals surface area contributed by atoms with Crippen molar-refractivity contribution in [2.45, 2.75) is 52.2 Å². The molecule has 1 aromatic rings. The van der Waals surface area contributed by atoms with Crippen molar-refractivity contribution in [3.8, 4) is 11.5 Å². The summed E-state index contributed by atoms with van der Waals surface area (Å²) in [7, 11) is 1.67. The summed E-state index contributed by atoms with van der Waals surface area (Å²) in [5.74, 6) is 1.59. The molecule has 106 valence electrons. The lowest BCUT2D eigenvalue weighted by molar-refractivity contribution is 0.0647. The molecule has 19 heavy (non-hydrogen) atoms. The Kier molecular flexibility index (Phi) is 4.04. The van der Waals surface area contributed by atoms with E-state index in [0.717, 1.165) is 29.9 Å². The molecule has 3 heteroatoms. The van der Waals surface area contributed by atoms with Gasteiger partial charge in [0.05, 0.1) is 7.11 Å². The minimum absolute atomic E-state index is 0.0698. The molecule has 1 saturated carbocycles. The third-order valence-corrected chi connectivity index (χ3v) is 3.98. The summed E-state index contributed by atoms with van der Waals surface area (Å²) in [5.41, 5.74) is 7.67. The van der Waals surface area contributed by atoms with Crippen molar-refractivity contribution in [1.29, 1.82) is 0 Å². The Morgan fingerprint density at radius 3 is 2.68 bits per heavy atom. The summed E-state index contributed by atoms with van der Waals surface area (Å²) < 4.78 is 11.5.